The van der Waals surface area contributed by atoms with Crippen LogP contribution in [0.2, 0.25) is 0 Å². The molecule has 0 saturated carbocycles. The molecule has 0 saturated heterocycles. The van der Waals surface area contributed by atoms with Gasteiger partial charge in [0.1, 0.15) is 6.33 Å². The lowest BCUT2D eigenvalue weighted by Gasteiger charge is -2.17. The minimum Gasteiger partial charge on any atom is -0.467 e. The number of hydrogen-bond acceptors (Lipinski definition) is 4. The number of ether oxygens (including phenoxy) is 1. The molecule has 1 aliphatic rings. The van der Waals surface area contributed by atoms with E-state index in [9.17, 15) is 4.79 Å². The van der Waals surface area contributed by atoms with Crippen molar-refractivity contribution in [3.63, 3.8) is 0 Å². The van der Waals surface area contributed by atoms with Crippen molar-refractivity contribution < 1.29 is 9.53 Å². The Bertz CT molecular complexity index is 643. The zero-order valence-electron chi connectivity index (χ0n) is 11.2. The largest absolute Gasteiger partial charge is 0.467 e. The van der Waals surface area contributed by atoms with Gasteiger partial charge < -0.3 is 9.64 Å². The average Bonchev–Trinajstić information content (AvgIpc) is 2.89. The fraction of sp³-hybridized carbons (Fsp3) is 0.267. The third-order valence-corrected chi connectivity index (χ3v) is 3.31. The Hall–Kier alpha value is -2.43. The molecule has 3 rings (SSSR count). The lowest BCUT2D eigenvalue weighted by Crippen LogP contribution is -2.33. The summed E-state index contributed by atoms with van der Waals surface area (Å²) in [5.74, 6) is 0.379. The second-order valence-corrected chi connectivity index (χ2v) is 4.71. The van der Waals surface area contributed by atoms with Crippen LogP contribution < -0.4 is 9.64 Å². The van der Waals surface area contributed by atoms with E-state index in [4.69, 9.17) is 4.74 Å². The van der Waals surface area contributed by atoms with Crippen LogP contribution in [0.25, 0.3) is 0 Å². The van der Waals surface area contributed by atoms with Gasteiger partial charge in [0.25, 0.3) is 5.91 Å². The summed E-state index contributed by atoms with van der Waals surface area (Å²) in [5, 5.41) is 0. The number of carbonyl (C=O) groups excluding carboxylic acids is 1. The van der Waals surface area contributed by atoms with Crippen LogP contribution in [0.1, 0.15) is 11.3 Å². The van der Waals surface area contributed by atoms with Gasteiger partial charge in [-0.15, -0.1) is 0 Å². The Morgan fingerprint density at radius 1 is 1.35 bits per heavy atom. The predicted octanol–water partition coefficient (Wildman–Crippen LogP) is 1.75. The quantitative estimate of drug-likeness (QED) is 0.852. The van der Waals surface area contributed by atoms with Crippen LogP contribution in [0, 0.1) is 6.92 Å². The molecule has 1 aromatic heterocycles. The van der Waals surface area contributed by atoms with Crippen LogP contribution in [0.15, 0.2) is 36.7 Å². The summed E-state index contributed by atoms with van der Waals surface area (Å²) in [6, 6.07) is 9.67. The molecule has 1 amide bonds. The Balaban J connectivity index is 1.66. The highest BCUT2D eigenvalue weighted by Crippen LogP contribution is 2.27. The van der Waals surface area contributed by atoms with E-state index in [0.717, 1.165) is 17.8 Å². The van der Waals surface area contributed by atoms with Gasteiger partial charge in [0.2, 0.25) is 5.88 Å². The third-order valence-electron chi connectivity index (χ3n) is 3.31. The van der Waals surface area contributed by atoms with Gasteiger partial charge in [-0.2, -0.15) is 0 Å². The van der Waals surface area contributed by atoms with Crippen LogP contribution in [0.5, 0.6) is 5.88 Å². The molecule has 0 aliphatic carbocycles. The van der Waals surface area contributed by atoms with Gasteiger partial charge in [-0.25, -0.2) is 9.97 Å². The number of anilines is 1. The molecular formula is C15H15N3O2. The molecule has 0 bridgehead atoms. The number of hydrogen-bond donors (Lipinski definition) is 0. The number of para-hydroxylation sites is 1. The molecule has 0 spiro atoms. The number of fused-ring (bicyclic) bond motifs is 1. The van der Waals surface area contributed by atoms with E-state index in [0.29, 0.717) is 12.4 Å². The molecule has 0 N–H and O–H groups in total. The number of nitrogens with zero attached hydrogens (tertiary/aromatic N) is 3. The van der Waals surface area contributed by atoms with Gasteiger partial charge in [-0.1, -0.05) is 18.2 Å². The van der Waals surface area contributed by atoms with E-state index >= 15 is 0 Å². The van der Waals surface area contributed by atoms with Gasteiger partial charge in [0.05, 0.1) is 0 Å². The lowest BCUT2D eigenvalue weighted by atomic mass is 10.2. The summed E-state index contributed by atoms with van der Waals surface area (Å²) in [7, 11) is 0. The van der Waals surface area contributed by atoms with Crippen molar-refractivity contribution in [2.75, 3.05) is 18.1 Å². The van der Waals surface area contributed by atoms with Crippen molar-refractivity contribution in [2.24, 2.45) is 0 Å². The summed E-state index contributed by atoms with van der Waals surface area (Å²) >= 11 is 0. The minimum absolute atomic E-state index is 0.00914. The summed E-state index contributed by atoms with van der Waals surface area (Å²) in [6.07, 6.45) is 2.33. The number of aryl methyl sites for hydroxylation is 1. The average molecular weight is 269 g/mol. The van der Waals surface area contributed by atoms with Gasteiger partial charge >= 0.3 is 0 Å². The van der Waals surface area contributed by atoms with Crippen LogP contribution in [0.4, 0.5) is 5.69 Å². The first-order valence-electron chi connectivity index (χ1n) is 6.54. The molecule has 5 nitrogen and oxygen atoms in total. The zero-order chi connectivity index (χ0) is 13.9. The first-order chi connectivity index (χ1) is 9.74. The third kappa shape index (κ3) is 2.47. The molecule has 0 fully saturated rings. The van der Waals surface area contributed by atoms with E-state index in [2.05, 4.69) is 16.0 Å². The fourth-order valence-corrected chi connectivity index (χ4v) is 2.32. The highest BCUT2D eigenvalue weighted by Gasteiger charge is 2.24. The number of amides is 1. The molecule has 1 aromatic carbocycles. The second-order valence-electron chi connectivity index (χ2n) is 4.71. The van der Waals surface area contributed by atoms with Gasteiger partial charge in [0, 0.05) is 24.0 Å². The second kappa shape index (κ2) is 5.28. The lowest BCUT2D eigenvalue weighted by molar-refractivity contribution is -0.120. The van der Waals surface area contributed by atoms with E-state index in [1.54, 1.807) is 11.0 Å². The summed E-state index contributed by atoms with van der Waals surface area (Å²) in [5.41, 5.74) is 3.01. The standard InChI is InChI=1S/C15H15N3O2/c1-11-8-14(17-10-16-11)20-9-15(19)18-7-6-12-4-2-3-5-13(12)18/h2-5,8,10H,6-7,9H2,1H3. The first-order valence-corrected chi connectivity index (χ1v) is 6.54. The molecule has 102 valence electrons. The highest BCUT2D eigenvalue weighted by molar-refractivity contribution is 5.96. The van der Waals surface area contributed by atoms with Crippen LogP contribution in [-0.4, -0.2) is 29.0 Å². The van der Waals surface area contributed by atoms with Crippen LogP contribution in [0.3, 0.4) is 0 Å². The van der Waals surface area contributed by atoms with Crippen LogP contribution >= 0.6 is 0 Å². The highest BCUT2D eigenvalue weighted by atomic mass is 16.5. The Morgan fingerprint density at radius 2 is 2.20 bits per heavy atom. The number of aromatic nitrogens is 2. The molecule has 5 heteroatoms. The van der Waals surface area contributed by atoms with Gasteiger partial charge in [-0.05, 0) is 25.0 Å². The van der Waals surface area contributed by atoms with Crippen molar-refractivity contribution in [3.8, 4) is 5.88 Å². The monoisotopic (exact) mass is 269 g/mol. The SMILES string of the molecule is Cc1cc(OCC(=O)N2CCc3ccccc32)ncn1. The van der Waals surface area contributed by atoms with E-state index < -0.39 is 0 Å². The smallest absolute Gasteiger partial charge is 0.264 e. The Morgan fingerprint density at radius 3 is 3.05 bits per heavy atom. The maximum Gasteiger partial charge on any atom is 0.264 e. The maximum atomic E-state index is 12.2. The molecule has 2 aromatic rings. The zero-order valence-corrected chi connectivity index (χ0v) is 11.2. The van der Waals surface area contributed by atoms with Crippen molar-refractivity contribution in [3.05, 3.63) is 47.9 Å². The normalized spacial score (nSPS) is 13.2. The van der Waals surface area contributed by atoms with E-state index in [-0.39, 0.29) is 12.5 Å². The Kier molecular flexibility index (Phi) is 3.33. The summed E-state index contributed by atoms with van der Waals surface area (Å²) in [4.78, 5) is 22.0. The number of carbonyl (C=O) groups is 1. The molecular weight excluding hydrogens is 254 g/mol. The van der Waals surface area contributed by atoms with Crippen molar-refractivity contribution in [2.45, 2.75) is 13.3 Å². The molecule has 20 heavy (non-hydrogen) atoms. The molecule has 0 unspecified atom stereocenters. The molecule has 2 heterocycles. The number of rotatable bonds is 3. The fourth-order valence-electron chi connectivity index (χ4n) is 2.32. The van der Waals surface area contributed by atoms with E-state index in [1.165, 1.54) is 11.9 Å². The van der Waals surface area contributed by atoms with E-state index in [1.807, 2.05) is 25.1 Å². The minimum atomic E-state index is -0.0498. The van der Waals surface area contributed by atoms with Crippen molar-refractivity contribution >= 4 is 11.6 Å². The van der Waals surface area contributed by atoms with Gasteiger partial charge in [-0.3, -0.25) is 4.79 Å². The molecule has 0 radical (unpaired) electrons. The summed E-state index contributed by atoms with van der Waals surface area (Å²) < 4.78 is 5.43. The van der Waals surface area contributed by atoms with Crippen LogP contribution in [-0.2, 0) is 11.2 Å². The van der Waals surface area contributed by atoms with Gasteiger partial charge in [0.15, 0.2) is 6.61 Å². The maximum absolute atomic E-state index is 12.2. The predicted molar refractivity (Wildman–Crippen MR) is 74.8 cm³/mol. The Labute approximate surface area is 117 Å². The van der Waals surface area contributed by atoms with Crippen molar-refractivity contribution in [1.29, 1.82) is 0 Å². The molecule has 0 atom stereocenters. The van der Waals surface area contributed by atoms with Crippen molar-refractivity contribution in [1.82, 2.24) is 9.97 Å². The summed E-state index contributed by atoms with van der Waals surface area (Å²) in [6.45, 7) is 2.56. The number of benzene rings is 1. The first kappa shape index (κ1) is 12.6. The molecule has 1 aliphatic heterocycles. The topological polar surface area (TPSA) is 55.3 Å².